The van der Waals surface area contributed by atoms with Gasteiger partial charge in [-0.2, -0.15) is 5.10 Å². The quantitative estimate of drug-likeness (QED) is 0.434. The molecule has 0 spiro atoms. The van der Waals surface area contributed by atoms with E-state index in [9.17, 15) is 19.7 Å². The smallest absolute Gasteiger partial charge is 0.341 e. The number of piperazine rings is 1. The van der Waals surface area contributed by atoms with Crippen LogP contribution in [0.25, 0.3) is 0 Å². The number of amides is 1. The average molecular weight is 373 g/mol. The molecular weight excluding hydrogens is 354 g/mol. The topological polar surface area (TPSA) is 111 Å². The number of nitro benzene ring substituents is 1. The Balaban J connectivity index is 1.47. The van der Waals surface area contributed by atoms with Crippen LogP contribution >= 0.6 is 0 Å². The Morgan fingerprint density at radius 1 is 1.19 bits per heavy atom. The molecule has 1 aliphatic rings. The molecule has 3 rings (SSSR count). The molecular formula is C17H19N5O5. The van der Waals surface area contributed by atoms with Crippen molar-refractivity contribution in [3.63, 3.8) is 0 Å². The molecule has 1 aliphatic heterocycles. The highest BCUT2D eigenvalue weighted by Gasteiger charge is 2.23. The molecule has 1 aromatic heterocycles. The number of rotatable bonds is 5. The maximum absolute atomic E-state index is 12.2. The molecule has 142 valence electrons. The predicted molar refractivity (Wildman–Crippen MR) is 95.4 cm³/mol. The monoisotopic (exact) mass is 373 g/mol. The minimum Gasteiger partial charge on any atom is -0.452 e. The number of nitro groups is 1. The van der Waals surface area contributed by atoms with Gasteiger partial charge in [0.15, 0.2) is 6.61 Å². The largest absolute Gasteiger partial charge is 0.452 e. The molecule has 0 aliphatic carbocycles. The minimum absolute atomic E-state index is 0.0444. The third kappa shape index (κ3) is 4.40. The summed E-state index contributed by atoms with van der Waals surface area (Å²) >= 11 is 0. The first kappa shape index (κ1) is 18.4. The maximum Gasteiger partial charge on any atom is 0.341 e. The number of anilines is 1. The number of ether oxygens (including phenoxy) is 1. The molecule has 27 heavy (non-hydrogen) atoms. The van der Waals surface area contributed by atoms with Crippen LogP contribution in [0.5, 0.6) is 0 Å². The number of hydrogen-bond donors (Lipinski definition) is 0. The summed E-state index contributed by atoms with van der Waals surface area (Å²) in [5, 5.41) is 14.6. The van der Waals surface area contributed by atoms with E-state index >= 15 is 0 Å². The normalized spacial score (nSPS) is 14.1. The lowest BCUT2D eigenvalue weighted by Gasteiger charge is -2.36. The van der Waals surface area contributed by atoms with Gasteiger partial charge < -0.3 is 14.5 Å². The third-order valence-electron chi connectivity index (χ3n) is 4.33. The van der Waals surface area contributed by atoms with Crippen molar-refractivity contribution in [3.8, 4) is 0 Å². The second kappa shape index (κ2) is 7.85. The number of esters is 1. The number of non-ortho nitro benzene ring substituents is 1. The van der Waals surface area contributed by atoms with Crippen LogP contribution in [0.2, 0.25) is 0 Å². The van der Waals surface area contributed by atoms with E-state index in [1.54, 1.807) is 24.1 Å². The number of hydrogen-bond acceptors (Lipinski definition) is 7. The molecule has 10 nitrogen and oxygen atoms in total. The average Bonchev–Trinajstić information content (AvgIpc) is 3.12. The summed E-state index contributed by atoms with van der Waals surface area (Å²) in [7, 11) is 1.69. The van der Waals surface area contributed by atoms with E-state index in [4.69, 9.17) is 4.74 Å². The lowest BCUT2D eigenvalue weighted by atomic mass is 10.2. The lowest BCUT2D eigenvalue weighted by Crippen LogP contribution is -2.49. The number of carbonyl (C=O) groups is 2. The van der Waals surface area contributed by atoms with E-state index in [1.165, 1.54) is 29.2 Å². The van der Waals surface area contributed by atoms with Crippen molar-refractivity contribution in [3.05, 3.63) is 52.3 Å². The zero-order valence-electron chi connectivity index (χ0n) is 14.8. The van der Waals surface area contributed by atoms with Gasteiger partial charge in [-0.3, -0.25) is 19.6 Å². The summed E-state index contributed by atoms with van der Waals surface area (Å²) in [4.78, 5) is 38.1. The summed E-state index contributed by atoms with van der Waals surface area (Å²) in [6.45, 7) is 1.85. The molecule has 0 N–H and O–H groups in total. The van der Waals surface area contributed by atoms with Crippen molar-refractivity contribution in [2.24, 2.45) is 7.05 Å². The van der Waals surface area contributed by atoms with Gasteiger partial charge in [0, 0.05) is 57.2 Å². The number of carbonyl (C=O) groups excluding carboxylic acids is 2. The SMILES string of the molecule is Cn1cc(C(=O)OCC(=O)N2CCN(c3ccc([N+](=O)[O-])cc3)CC2)cn1. The molecule has 0 bridgehead atoms. The molecule has 0 atom stereocenters. The first-order chi connectivity index (χ1) is 12.9. The highest BCUT2D eigenvalue weighted by molar-refractivity contribution is 5.90. The van der Waals surface area contributed by atoms with E-state index in [1.807, 2.05) is 0 Å². The van der Waals surface area contributed by atoms with E-state index in [2.05, 4.69) is 10.00 Å². The Bertz CT molecular complexity index is 840. The summed E-state index contributed by atoms with van der Waals surface area (Å²) < 4.78 is 6.52. The van der Waals surface area contributed by atoms with E-state index in [0.717, 1.165) is 5.69 Å². The summed E-state index contributed by atoms with van der Waals surface area (Å²) in [6.07, 6.45) is 2.91. The first-order valence-electron chi connectivity index (χ1n) is 8.37. The molecule has 1 fully saturated rings. The Hall–Kier alpha value is -3.43. The minimum atomic E-state index is -0.582. The number of benzene rings is 1. The fourth-order valence-electron chi connectivity index (χ4n) is 2.83. The molecule has 0 saturated carbocycles. The highest BCUT2D eigenvalue weighted by atomic mass is 16.6. The van der Waals surface area contributed by atoms with Crippen LogP contribution in [0.3, 0.4) is 0 Å². The van der Waals surface area contributed by atoms with Gasteiger partial charge in [0.1, 0.15) is 0 Å². The van der Waals surface area contributed by atoms with Gasteiger partial charge >= 0.3 is 5.97 Å². The zero-order valence-corrected chi connectivity index (χ0v) is 14.8. The molecule has 0 unspecified atom stereocenters. The predicted octanol–water partition coefficient (Wildman–Crippen LogP) is 0.834. The van der Waals surface area contributed by atoms with Crippen LogP contribution in [0.1, 0.15) is 10.4 Å². The van der Waals surface area contributed by atoms with Gasteiger partial charge in [-0.1, -0.05) is 0 Å². The Morgan fingerprint density at radius 2 is 1.85 bits per heavy atom. The molecule has 2 aromatic rings. The molecule has 1 amide bonds. The number of aryl methyl sites for hydroxylation is 1. The molecule has 10 heteroatoms. The lowest BCUT2D eigenvalue weighted by molar-refractivity contribution is -0.384. The molecule has 1 aromatic carbocycles. The standard InChI is InChI=1S/C17H19N5O5/c1-19-11-13(10-18-19)17(24)27-12-16(23)21-8-6-20(7-9-21)14-2-4-15(5-3-14)22(25)26/h2-5,10-11H,6-9,12H2,1H3. The van der Waals surface area contributed by atoms with Crippen LogP contribution in [0.15, 0.2) is 36.7 Å². The summed E-state index contributed by atoms with van der Waals surface area (Å²) in [5.41, 5.74) is 1.21. The zero-order chi connectivity index (χ0) is 19.4. The van der Waals surface area contributed by atoms with Crippen molar-refractivity contribution in [2.75, 3.05) is 37.7 Å². The van der Waals surface area contributed by atoms with Gasteiger partial charge in [-0.25, -0.2) is 4.79 Å². The van der Waals surface area contributed by atoms with Crippen molar-refractivity contribution < 1.29 is 19.2 Å². The van der Waals surface area contributed by atoms with Crippen LogP contribution in [0.4, 0.5) is 11.4 Å². The molecule has 0 radical (unpaired) electrons. The van der Waals surface area contributed by atoms with Gasteiger partial charge in [0.25, 0.3) is 11.6 Å². The number of aromatic nitrogens is 2. The Kier molecular flexibility index (Phi) is 5.34. The number of nitrogens with zero attached hydrogens (tertiary/aromatic N) is 5. The van der Waals surface area contributed by atoms with Gasteiger partial charge in [0.05, 0.1) is 16.7 Å². The summed E-state index contributed by atoms with van der Waals surface area (Å²) in [5.74, 6) is -0.837. The van der Waals surface area contributed by atoms with Crippen LogP contribution in [0, 0.1) is 10.1 Å². The van der Waals surface area contributed by atoms with Crippen LogP contribution in [-0.4, -0.2) is 64.3 Å². The Labute approximate surface area is 155 Å². The van der Waals surface area contributed by atoms with Crippen molar-refractivity contribution >= 4 is 23.3 Å². The van der Waals surface area contributed by atoms with Gasteiger partial charge in [-0.05, 0) is 12.1 Å². The second-order valence-corrected chi connectivity index (χ2v) is 6.12. The fraction of sp³-hybridized carbons (Fsp3) is 0.353. The van der Waals surface area contributed by atoms with Crippen molar-refractivity contribution in [1.29, 1.82) is 0 Å². The Morgan fingerprint density at radius 3 is 2.41 bits per heavy atom. The van der Waals surface area contributed by atoms with Gasteiger partial charge in [0.2, 0.25) is 0 Å². The highest BCUT2D eigenvalue weighted by Crippen LogP contribution is 2.20. The van der Waals surface area contributed by atoms with E-state index < -0.39 is 10.9 Å². The van der Waals surface area contributed by atoms with Crippen molar-refractivity contribution in [2.45, 2.75) is 0 Å². The van der Waals surface area contributed by atoms with Crippen LogP contribution < -0.4 is 4.90 Å². The molecule has 1 saturated heterocycles. The van der Waals surface area contributed by atoms with E-state index in [0.29, 0.717) is 31.7 Å². The second-order valence-electron chi connectivity index (χ2n) is 6.12. The summed E-state index contributed by atoms with van der Waals surface area (Å²) in [6, 6.07) is 6.33. The first-order valence-corrected chi connectivity index (χ1v) is 8.37. The van der Waals surface area contributed by atoms with Gasteiger partial charge in [-0.15, -0.1) is 0 Å². The van der Waals surface area contributed by atoms with Crippen LogP contribution in [-0.2, 0) is 16.6 Å². The maximum atomic E-state index is 12.2. The fourth-order valence-corrected chi connectivity index (χ4v) is 2.83. The van der Waals surface area contributed by atoms with E-state index in [-0.39, 0.29) is 18.2 Å². The molecule has 2 heterocycles. The third-order valence-corrected chi connectivity index (χ3v) is 4.33. The van der Waals surface area contributed by atoms with Crippen molar-refractivity contribution in [1.82, 2.24) is 14.7 Å².